The van der Waals surface area contributed by atoms with Crippen molar-refractivity contribution in [1.29, 1.82) is 0 Å². The summed E-state index contributed by atoms with van der Waals surface area (Å²) in [6.07, 6.45) is 4.36. The Kier molecular flexibility index (Phi) is 2.33. The van der Waals surface area contributed by atoms with Crippen LogP contribution >= 0.6 is 0 Å². The van der Waals surface area contributed by atoms with Crippen molar-refractivity contribution in [2.45, 2.75) is 26.5 Å². The molecule has 5 heteroatoms. The van der Waals surface area contributed by atoms with E-state index in [2.05, 4.69) is 12.2 Å². The second-order valence-electron chi connectivity index (χ2n) is 5.28. The largest absolute Gasteiger partial charge is 0.441 e. The number of carbonyl (C=O) groups excluding carboxylic acids is 3. The van der Waals surface area contributed by atoms with Crippen molar-refractivity contribution in [3.8, 4) is 0 Å². The molecule has 2 amide bonds. The van der Waals surface area contributed by atoms with E-state index in [1.165, 1.54) is 13.8 Å². The molecule has 0 aromatic heterocycles. The normalized spacial score (nSPS) is 40.2. The summed E-state index contributed by atoms with van der Waals surface area (Å²) in [4.78, 5) is 36.2. The standard InChI is InChI=1S/C13H15NO4/c1-6(15)14-12(17)10-8-3-4-9(5-8)11(10)13(14)18-7(2)16/h3-4,8-11,13H,5H2,1-2H3/t8-,9+,10?,11?,13+/m0/s1. The summed E-state index contributed by atoms with van der Waals surface area (Å²) in [5.41, 5.74) is 0. The molecule has 18 heavy (non-hydrogen) atoms. The van der Waals surface area contributed by atoms with Crippen LogP contribution in [0.1, 0.15) is 20.3 Å². The van der Waals surface area contributed by atoms with Gasteiger partial charge in [-0.25, -0.2) is 4.90 Å². The van der Waals surface area contributed by atoms with Crippen molar-refractivity contribution in [2.75, 3.05) is 0 Å². The van der Waals surface area contributed by atoms with Crippen LogP contribution in [-0.2, 0) is 19.1 Å². The molecule has 0 aromatic carbocycles. The van der Waals surface area contributed by atoms with E-state index in [0.717, 1.165) is 11.3 Å². The quantitative estimate of drug-likeness (QED) is 0.507. The van der Waals surface area contributed by atoms with Gasteiger partial charge in [0.2, 0.25) is 11.8 Å². The third kappa shape index (κ3) is 1.36. The summed E-state index contributed by atoms with van der Waals surface area (Å²) in [6, 6.07) is 0. The first-order valence-electron chi connectivity index (χ1n) is 6.20. The highest BCUT2D eigenvalue weighted by Crippen LogP contribution is 2.54. The Balaban J connectivity index is 1.97. The number of hydrogen-bond donors (Lipinski definition) is 0. The zero-order valence-corrected chi connectivity index (χ0v) is 10.3. The van der Waals surface area contributed by atoms with Gasteiger partial charge in [0.15, 0.2) is 6.23 Å². The summed E-state index contributed by atoms with van der Waals surface area (Å²) < 4.78 is 5.23. The lowest BCUT2D eigenvalue weighted by molar-refractivity contribution is -0.166. The maximum Gasteiger partial charge on any atom is 0.304 e. The number of allylic oxidation sites excluding steroid dienone is 2. The predicted molar refractivity (Wildman–Crippen MR) is 60.8 cm³/mol. The number of amides is 2. The van der Waals surface area contributed by atoms with Gasteiger partial charge in [-0.1, -0.05) is 12.2 Å². The second-order valence-corrected chi connectivity index (χ2v) is 5.28. The molecular formula is C13H15NO4. The van der Waals surface area contributed by atoms with Crippen molar-refractivity contribution in [3.05, 3.63) is 12.2 Å². The molecule has 2 unspecified atom stereocenters. The van der Waals surface area contributed by atoms with E-state index in [-0.39, 0.29) is 35.5 Å². The molecule has 5 nitrogen and oxygen atoms in total. The molecule has 96 valence electrons. The van der Waals surface area contributed by atoms with Crippen LogP contribution in [0.4, 0.5) is 0 Å². The molecule has 0 aromatic rings. The zero-order chi connectivity index (χ0) is 13.0. The Morgan fingerprint density at radius 2 is 1.94 bits per heavy atom. The average Bonchev–Trinajstić information content (AvgIpc) is 2.90. The highest BCUT2D eigenvalue weighted by atomic mass is 16.6. The van der Waals surface area contributed by atoms with E-state index in [1.54, 1.807) is 0 Å². The third-order valence-electron chi connectivity index (χ3n) is 4.25. The van der Waals surface area contributed by atoms with E-state index >= 15 is 0 Å². The second kappa shape index (κ2) is 3.67. The van der Waals surface area contributed by atoms with Crippen LogP contribution in [0, 0.1) is 23.7 Å². The molecule has 2 fully saturated rings. The molecule has 1 aliphatic heterocycles. The van der Waals surface area contributed by atoms with Gasteiger partial charge in [-0.15, -0.1) is 0 Å². The number of nitrogens with zero attached hydrogens (tertiary/aromatic N) is 1. The monoisotopic (exact) mass is 249 g/mol. The minimum atomic E-state index is -0.711. The summed E-state index contributed by atoms with van der Waals surface area (Å²) in [5, 5.41) is 0. The van der Waals surface area contributed by atoms with Gasteiger partial charge in [0.25, 0.3) is 0 Å². The van der Waals surface area contributed by atoms with E-state index in [0.29, 0.717) is 0 Å². The van der Waals surface area contributed by atoms with Crippen molar-refractivity contribution >= 4 is 17.8 Å². The number of imide groups is 1. The van der Waals surface area contributed by atoms with E-state index in [9.17, 15) is 14.4 Å². The molecule has 3 rings (SSSR count). The molecule has 1 heterocycles. The van der Waals surface area contributed by atoms with Crippen LogP contribution < -0.4 is 0 Å². The molecule has 5 atom stereocenters. The van der Waals surface area contributed by atoms with Gasteiger partial charge in [0, 0.05) is 19.8 Å². The van der Waals surface area contributed by atoms with Crippen molar-refractivity contribution in [3.63, 3.8) is 0 Å². The van der Waals surface area contributed by atoms with Gasteiger partial charge < -0.3 is 4.74 Å². The fraction of sp³-hybridized carbons (Fsp3) is 0.615. The number of ether oxygens (including phenoxy) is 1. The molecule has 3 aliphatic rings. The maximum atomic E-state index is 12.3. The van der Waals surface area contributed by atoms with Crippen LogP contribution in [0.15, 0.2) is 12.2 Å². The fourth-order valence-corrected chi connectivity index (χ4v) is 3.69. The van der Waals surface area contributed by atoms with Gasteiger partial charge >= 0.3 is 5.97 Å². The minimum Gasteiger partial charge on any atom is -0.441 e. The fourth-order valence-electron chi connectivity index (χ4n) is 3.69. The number of hydrogen-bond acceptors (Lipinski definition) is 4. The Morgan fingerprint density at radius 1 is 1.28 bits per heavy atom. The van der Waals surface area contributed by atoms with Gasteiger partial charge in [-0.2, -0.15) is 0 Å². The smallest absolute Gasteiger partial charge is 0.304 e. The number of fused-ring (bicyclic) bond motifs is 5. The molecule has 1 saturated carbocycles. The van der Waals surface area contributed by atoms with E-state index in [4.69, 9.17) is 4.74 Å². The van der Waals surface area contributed by atoms with Crippen LogP contribution in [0.25, 0.3) is 0 Å². The highest BCUT2D eigenvalue weighted by Gasteiger charge is 2.61. The molecule has 2 bridgehead atoms. The zero-order valence-electron chi connectivity index (χ0n) is 10.3. The first kappa shape index (κ1) is 11.4. The Labute approximate surface area is 105 Å². The summed E-state index contributed by atoms with van der Waals surface area (Å²) in [5.74, 6) is -0.775. The first-order chi connectivity index (χ1) is 8.50. The van der Waals surface area contributed by atoms with Gasteiger partial charge in [0.05, 0.1) is 5.92 Å². The Morgan fingerprint density at radius 3 is 2.56 bits per heavy atom. The Hall–Kier alpha value is -1.65. The van der Waals surface area contributed by atoms with Gasteiger partial charge in [-0.3, -0.25) is 14.4 Å². The third-order valence-corrected chi connectivity index (χ3v) is 4.25. The molecular weight excluding hydrogens is 234 g/mol. The molecule has 1 saturated heterocycles. The van der Waals surface area contributed by atoms with Crippen LogP contribution in [0.3, 0.4) is 0 Å². The molecule has 0 N–H and O–H groups in total. The van der Waals surface area contributed by atoms with Gasteiger partial charge in [-0.05, 0) is 18.3 Å². The van der Waals surface area contributed by atoms with Gasteiger partial charge in [0.1, 0.15) is 0 Å². The summed E-state index contributed by atoms with van der Waals surface area (Å²) in [6.45, 7) is 2.64. The predicted octanol–water partition coefficient (Wildman–Crippen LogP) is 0.703. The maximum absolute atomic E-state index is 12.3. The van der Waals surface area contributed by atoms with Crippen molar-refractivity contribution < 1.29 is 19.1 Å². The Bertz CT molecular complexity index is 470. The van der Waals surface area contributed by atoms with E-state index < -0.39 is 12.2 Å². The van der Waals surface area contributed by atoms with Crippen LogP contribution in [0.5, 0.6) is 0 Å². The van der Waals surface area contributed by atoms with Crippen molar-refractivity contribution in [2.24, 2.45) is 23.7 Å². The SMILES string of the molecule is CC(=O)O[C@@H]1C2C(C(=O)N1C(C)=O)[C@H]1C=C[C@@H]2C1. The molecule has 2 aliphatic carbocycles. The first-order valence-corrected chi connectivity index (χ1v) is 6.20. The lowest BCUT2D eigenvalue weighted by Crippen LogP contribution is -2.42. The number of rotatable bonds is 1. The molecule has 0 radical (unpaired) electrons. The molecule has 0 spiro atoms. The highest BCUT2D eigenvalue weighted by molar-refractivity contribution is 5.98. The number of likely N-dealkylation sites (tertiary alicyclic amines) is 1. The number of esters is 1. The van der Waals surface area contributed by atoms with Crippen molar-refractivity contribution in [1.82, 2.24) is 4.90 Å². The lowest BCUT2D eigenvalue weighted by Gasteiger charge is -2.27. The number of carbonyl (C=O) groups is 3. The summed E-state index contributed by atoms with van der Waals surface area (Å²) in [7, 11) is 0. The lowest BCUT2D eigenvalue weighted by atomic mass is 9.85. The van der Waals surface area contributed by atoms with E-state index in [1.807, 2.05) is 0 Å². The topological polar surface area (TPSA) is 63.7 Å². The average molecular weight is 249 g/mol. The minimum absolute atomic E-state index is 0.0553. The van der Waals surface area contributed by atoms with Crippen LogP contribution in [-0.4, -0.2) is 28.9 Å². The van der Waals surface area contributed by atoms with Crippen LogP contribution in [0.2, 0.25) is 0 Å². The summed E-state index contributed by atoms with van der Waals surface area (Å²) >= 11 is 0.